The Morgan fingerprint density at radius 3 is 1.12 bits per heavy atom. The van der Waals surface area contributed by atoms with Crippen molar-refractivity contribution in [1.29, 1.82) is 0 Å². The lowest BCUT2D eigenvalue weighted by molar-refractivity contribution is 0.616. The monoisotopic (exact) mass is 351 g/mol. The van der Waals surface area contributed by atoms with E-state index < -0.39 is 0 Å². The fourth-order valence-corrected chi connectivity index (χ4v) is 2.08. The molecule has 0 atom stereocenters. The van der Waals surface area contributed by atoms with Crippen molar-refractivity contribution in [1.82, 2.24) is 26.6 Å². The minimum absolute atomic E-state index is 0.929. The summed E-state index contributed by atoms with van der Waals surface area (Å²) in [6.45, 7) is 14.2. The summed E-state index contributed by atoms with van der Waals surface area (Å²) in [4.78, 5) is 0. The third-order valence-corrected chi connectivity index (χ3v) is 3.53. The first-order valence-corrected chi connectivity index (χ1v) is 9.90. The molecule has 146 valence electrons. The van der Waals surface area contributed by atoms with E-state index in [1.165, 1.54) is 12.8 Å². The summed E-state index contributed by atoms with van der Waals surface area (Å²) in [5, 5.41) is 16.8. The van der Waals surface area contributed by atoms with E-state index in [-0.39, 0.29) is 0 Å². The van der Waals surface area contributed by atoms with E-state index in [4.69, 9.17) is 0 Å². The predicted molar refractivity (Wildman–Crippen MR) is 112 cm³/mol. The summed E-state index contributed by atoms with van der Waals surface area (Å²) in [7, 11) is 0. The fraction of sp³-hybridized carbons (Fsp3) is 0.700. The highest BCUT2D eigenvalue weighted by atomic mass is 14.9. The quantitative estimate of drug-likeness (QED) is 0.180. The predicted octanol–water partition coefficient (Wildman–Crippen LogP) is 1.42. The SMILES string of the molecule is CCNCC=CCNCC=CCNCCCCNCC=CCNCC. The van der Waals surface area contributed by atoms with Crippen LogP contribution in [0, 0.1) is 0 Å². The first kappa shape index (κ1) is 24.0. The molecule has 0 bridgehead atoms. The van der Waals surface area contributed by atoms with E-state index >= 15 is 0 Å². The standard InChI is InChI=1S/C20H41N5/c1-3-21-13-5-7-15-23-17-9-11-19-25-20-12-10-18-24-16-8-6-14-22-4-2/h5-9,11,21-25H,3-4,10,12-20H2,1-2H3. The van der Waals surface area contributed by atoms with Gasteiger partial charge in [0.1, 0.15) is 0 Å². The molecule has 0 aromatic heterocycles. The first-order valence-electron chi connectivity index (χ1n) is 9.90. The maximum atomic E-state index is 3.45. The molecule has 0 fully saturated rings. The zero-order chi connectivity index (χ0) is 18.3. The van der Waals surface area contributed by atoms with Crippen LogP contribution in [0.1, 0.15) is 26.7 Å². The van der Waals surface area contributed by atoms with Crippen LogP contribution in [0.5, 0.6) is 0 Å². The van der Waals surface area contributed by atoms with E-state index in [0.29, 0.717) is 0 Å². The highest BCUT2D eigenvalue weighted by Gasteiger charge is 1.88. The Bertz CT molecular complexity index is 326. The minimum atomic E-state index is 0.929. The summed E-state index contributed by atoms with van der Waals surface area (Å²) < 4.78 is 0. The number of likely N-dealkylation sites (N-methyl/N-ethyl adjacent to an activating group) is 2. The smallest absolute Gasteiger partial charge is 0.0138 e. The molecule has 0 unspecified atom stereocenters. The maximum absolute atomic E-state index is 3.45. The van der Waals surface area contributed by atoms with Gasteiger partial charge in [-0.2, -0.15) is 0 Å². The van der Waals surface area contributed by atoms with Gasteiger partial charge < -0.3 is 26.6 Å². The molecule has 0 aromatic carbocycles. The zero-order valence-corrected chi connectivity index (χ0v) is 16.4. The molecule has 0 aliphatic carbocycles. The third kappa shape index (κ3) is 23.0. The van der Waals surface area contributed by atoms with Gasteiger partial charge in [0.05, 0.1) is 0 Å². The molecule has 0 aliphatic rings. The molecule has 0 saturated heterocycles. The molecular formula is C20H41N5. The van der Waals surface area contributed by atoms with Crippen molar-refractivity contribution in [3.8, 4) is 0 Å². The van der Waals surface area contributed by atoms with Crippen molar-refractivity contribution < 1.29 is 0 Å². The van der Waals surface area contributed by atoms with Crippen LogP contribution in [-0.4, -0.2) is 65.4 Å². The average Bonchev–Trinajstić information content (AvgIpc) is 2.63. The molecule has 25 heavy (non-hydrogen) atoms. The average molecular weight is 352 g/mol. The Morgan fingerprint density at radius 2 is 0.760 bits per heavy atom. The molecule has 0 radical (unpaired) electrons. The summed E-state index contributed by atoms with van der Waals surface area (Å²) in [5.74, 6) is 0. The highest BCUT2D eigenvalue weighted by molar-refractivity contribution is 4.89. The van der Waals surface area contributed by atoms with Crippen molar-refractivity contribution in [2.24, 2.45) is 0 Å². The number of rotatable bonds is 19. The van der Waals surface area contributed by atoms with Crippen LogP contribution >= 0.6 is 0 Å². The zero-order valence-electron chi connectivity index (χ0n) is 16.4. The van der Waals surface area contributed by atoms with Gasteiger partial charge in [-0.1, -0.05) is 50.3 Å². The van der Waals surface area contributed by atoms with Gasteiger partial charge in [-0.05, 0) is 39.0 Å². The summed E-state index contributed by atoms with van der Waals surface area (Å²) in [6, 6.07) is 0. The van der Waals surface area contributed by atoms with Crippen molar-refractivity contribution in [3.63, 3.8) is 0 Å². The van der Waals surface area contributed by atoms with Crippen LogP contribution in [0.15, 0.2) is 36.5 Å². The van der Waals surface area contributed by atoms with E-state index in [0.717, 1.165) is 65.4 Å². The largest absolute Gasteiger partial charge is 0.314 e. The number of nitrogens with one attached hydrogen (secondary N) is 5. The number of hydrogen-bond donors (Lipinski definition) is 5. The van der Waals surface area contributed by atoms with Gasteiger partial charge in [0.25, 0.3) is 0 Å². The van der Waals surface area contributed by atoms with Crippen molar-refractivity contribution >= 4 is 0 Å². The van der Waals surface area contributed by atoms with E-state index in [9.17, 15) is 0 Å². The van der Waals surface area contributed by atoms with Crippen LogP contribution in [0.4, 0.5) is 0 Å². The van der Waals surface area contributed by atoms with Gasteiger partial charge >= 0.3 is 0 Å². The van der Waals surface area contributed by atoms with Gasteiger partial charge in [0.15, 0.2) is 0 Å². The molecule has 0 spiro atoms. The molecule has 0 heterocycles. The Balaban J connectivity index is 3.15. The van der Waals surface area contributed by atoms with Gasteiger partial charge in [-0.25, -0.2) is 0 Å². The Morgan fingerprint density at radius 1 is 0.440 bits per heavy atom. The van der Waals surface area contributed by atoms with E-state index in [1.54, 1.807) is 0 Å². The molecule has 0 saturated carbocycles. The number of unbranched alkanes of at least 4 members (excludes halogenated alkanes) is 1. The molecule has 0 aliphatic heterocycles. The van der Waals surface area contributed by atoms with Crippen LogP contribution < -0.4 is 26.6 Å². The molecule has 5 N–H and O–H groups in total. The van der Waals surface area contributed by atoms with Gasteiger partial charge in [-0.3, -0.25) is 0 Å². The first-order chi connectivity index (χ1) is 12.4. The summed E-state index contributed by atoms with van der Waals surface area (Å²) in [6.07, 6.45) is 15.5. The second-order valence-corrected chi connectivity index (χ2v) is 5.80. The molecule has 5 heteroatoms. The topological polar surface area (TPSA) is 60.1 Å². The summed E-state index contributed by atoms with van der Waals surface area (Å²) in [5.41, 5.74) is 0. The highest BCUT2D eigenvalue weighted by Crippen LogP contribution is 1.84. The van der Waals surface area contributed by atoms with Crippen LogP contribution in [0.2, 0.25) is 0 Å². The molecule has 0 aromatic rings. The lowest BCUT2D eigenvalue weighted by Crippen LogP contribution is -2.20. The molecule has 5 nitrogen and oxygen atoms in total. The Labute approximate surface area is 155 Å². The minimum Gasteiger partial charge on any atom is -0.314 e. The molecule has 0 amide bonds. The van der Waals surface area contributed by atoms with Crippen LogP contribution in [0.25, 0.3) is 0 Å². The van der Waals surface area contributed by atoms with Crippen molar-refractivity contribution in [2.45, 2.75) is 26.7 Å². The normalized spacial score (nSPS) is 12.2. The lowest BCUT2D eigenvalue weighted by Gasteiger charge is -2.03. The molecular weight excluding hydrogens is 310 g/mol. The second kappa shape index (κ2) is 23.0. The van der Waals surface area contributed by atoms with E-state index in [2.05, 4.69) is 76.9 Å². The van der Waals surface area contributed by atoms with Gasteiger partial charge in [0, 0.05) is 39.3 Å². The Kier molecular flexibility index (Phi) is 22.1. The van der Waals surface area contributed by atoms with Crippen LogP contribution in [0.3, 0.4) is 0 Å². The van der Waals surface area contributed by atoms with Crippen molar-refractivity contribution in [2.75, 3.05) is 65.4 Å². The van der Waals surface area contributed by atoms with Gasteiger partial charge in [0.2, 0.25) is 0 Å². The molecule has 0 rings (SSSR count). The van der Waals surface area contributed by atoms with Crippen molar-refractivity contribution in [3.05, 3.63) is 36.5 Å². The fourth-order valence-electron chi connectivity index (χ4n) is 2.08. The van der Waals surface area contributed by atoms with Crippen LogP contribution in [-0.2, 0) is 0 Å². The maximum Gasteiger partial charge on any atom is 0.0138 e. The third-order valence-electron chi connectivity index (χ3n) is 3.53. The Hall–Kier alpha value is -0.980. The number of hydrogen-bond acceptors (Lipinski definition) is 5. The van der Waals surface area contributed by atoms with E-state index in [1.807, 2.05) is 0 Å². The second-order valence-electron chi connectivity index (χ2n) is 5.80. The van der Waals surface area contributed by atoms with Gasteiger partial charge in [-0.15, -0.1) is 0 Å². The summed E-state index contributed by atoms with van der Waals surface area (Å²) >= 11 is 0. The lowest BCUT2D eigenvalue weighted by atomic mass is 10.3.